The van der Waals surface area contributed by atoms with Crippen LogP contribution in [0.5, 0.6) is 0 Å². The van der Waals surface area contributed by atoms with Gasteiger partial charge in [0, 0.05) is 24.8 Å². The standard InChI is InChI=1S/C22H28N4O/c1-3-26(19-12-8-5-9-13-19)22(27)20-16-21(25-17(2)24-20)23-15-14-18-10-6-4-7-11-18/h5,8-10,12-13,16H,3-4,6-7,11,14-15H2,1-2H3,(H,23,24,25). The molecule has 0 spiro atoms. The Morgan fingerprint density at radius 2 is 2.00 bits per heavy atom. The van der Waals surface area contributed by atoms with Crippen molar-refractivity contribution in [3.63, 3.8) is 0 Å². The smallest absolute Gasteiger partial charge is 0.277 e. The fourth-order valence-electron chi connectivity index (χ4n) is 3.44. The van der Waals surface area contributed by atoms with Crippen LogP contribution in [0.25, 0.3) is 0 Å². The summed E-state index contributed by atoms with van der Waals surface area (Å²) >= 11 is 0. The zero-order chi connectivity index (χ0) is 19.1. The molecular weight excluding hydrogens is 336 g/mol. The number of rotatable bonds is 7. The summed E-state index contributed by atoms with van der Waals surface area (Å²) in [7, 11) is 0. The van der Waals surface area contributed by atoms with E-state index in [1.165, 1.54) is 31.3 Å². The van der Waals surface area contributed by atoms with Gasteiger partial charge in [0.2, 0.25) is 0 Å². The molecule has 0 atom stereocenters. The highest BCUT2D eigenvalue weighted by atomic mass is 16.2. The molecule has 1 aliphatic rings. The number of nitrogens with zero attached hydrogens (tertiary/aromatic N) is 3. The molecule has 3 rings (SSSR count). The average Bonchev–Trinajstić information content (AvgIpc) is 2.70. The molecule has 0 bridgehead atoms. The molecule has 0 radical (unpaired) electrons. The van der Waals surface area contributed by atoms with Crippen LogP contribution in [0.4, 0.5) is 11.5 Å². The predicted molar refractivity (Wildman–Crippen MR) is 110 cm³/mol. The van der Waals surface area contributed by atoms with Crippen LogP contribution in [-0.2, 0) is 0 Å². The molecule has 1 heterocycles. The summed E-state index contributed by atoms with van der Waals surface area (Å²) in [5, 5.41) is 3.36. The summed E-state index contributed by atoms with van der Waals surface area (Å²) in [6.45, 7) is 5.20. The second-order valence-electron chi connectivity index (χ2n) is 6.86. The van der Waals surface area contributed by atoms with Gasteiger partial charge in [0.1, 0.15) is 17.3 Å². The van der Waals surface area contributed by atoms with E-state index in [9.17, 15) is 4.79 Å². The van der Waals surface area contributed by atoms with Gasteiger partial charge in [0.25, 0.3) is 5.91 Å². The molecule has 2 aromatic rings. The first kappa shape index (κ1) is 19.1. The maximum atomic E-state index is 13.0. The number of hydrogen-bond donors (Lipinski definition) is 1. The number of para-hydroxylation sites is 1. The van der Waals surface area contributed by atoms with E-state index in [2.05, 4.69) is 21.4 Å². The van der Waals surface area contributed by atoms with Crippen molar-refractivity contribution in [3.05, 3.63) is 59.6 Å². The van der Waals surface area contributed by atoms with Crippen LogP contribution in [0.3, 0.4) is 0 Å². The quantitative estimate of drug-likeness (QED) is 0.720. The normalized spacial score (nSPS) is 13.8. The van der Waals surface area contributed by atoms with Crippen LogP contribution in [0.1, 0.15) is 55.3 Å². The largest absolute Gasteiger partial charge is 0.370 e. The molecule has 1 amide bonds. The average molecular weight is 364 g/mol. The zero-order valence-corrected chi connectivity index (χ0v) is 16.2. The summed E-state index contributed by atoms with van der Waals surface area (Å²) in [6.07, 6.45) is 8.40. The van der Waals surface area contributed by atoms with Crippen molar-refractivity contribution in [2.45, 2.75) is 46.0 Å². The van der Waals surface area contributed by atoms with E-state index >= 15 is 0 Å². The third-order valence-electron chi connectivity index (χ3n) is 4.82. The lowest BCUT2D eigenvalue weighted by Crippen LogP contribution is -2.31. The Balaban J connectivity index is 1.70. The van der Waals surface area contributed by atoms with Gasteiger partial charge in [-0.2, -0.15) is 0 Å². The number of nitrogens with one attached hydrogen (secondary N) is 1. The molecule has 5 nitrogen and oxygen atoms in total. The van der Waals surface area contributed by atoms with E-state index in [-0.39, 0.29) is 5.91 Å². The van der Waals surface area contributed by atoms with Gasteiger partial charge in [-0.3, -0.25) is 4.79 Å². The SMILES string of the molecule is CCN(C(=O)c1cc(NCCC2=CCCCC2)nc(C)n1)c1ccccc1. The van der Waals surface area contributed by atoms with Gasteiger partial charge in [-0.15, -0.1) is 0 Å². The van der Waals surface area contributed by atoms with E-state index in [0.29, 0.717) is 23.9 Å². The highest BCUT2D eigenvalue weighted by Crippen LogP contribution is 2.20. The van der Waals surface area contributed by atoms with Crippen molar-refractivity contribution in [1.29, 1.82) is 0 Å². The molecule has 1 aromatic carbocycles. The van der Waals surface area contributed by atoms with Crippen molar-refractivity contribution in [1.82, 2.24) is 9.97 Å². The molecule has 142 valence electrons. The summed E-state index contributed by atoms with van der Waals surface area (Å²) < 4.78 is 0. The predicted octanol–water partition coefficient (Wildman–Crippen LogP) is 4.75. The third-order valence-corrected chi connectivity index (χ3v) is 4.82. The topological polar surface area (TPSA) is 58.1 Å². The van der Waals surface area contributed by atoms with Gasteiger partial charge in [0.15, 0.2) is 0 Å². The molecule has 27 heavy (non-hydrogen) atoms. The minimum absolute atomic E-state index is 0.104. The Labute approximate surface area is 161 Å². The number of aryl methyl sites for hydroxylation is 1. The van der Waals surface area contributed by atoms with Crippen molar-refractivity contribution in [2.24, 2.45) is 0 Å². The van der Waals surface area contributed by atoms with Gasteiger partial charge in [-0.25, -0.2) is 9.97 Å². The second kappa shape index (κ2) is 9.31. The van der Waals surface area contributed by atoms with Gasteiger partial charge in [-0.05, 0) is 58.1 Å². The Hall–Kier alpha value is -2.69. The first-order valence-electron chi connectivity index (χ1n) is 9.81. The number of carbonyl (C=O) groups excluding carboxylic acids is 1. The number of allylic oxidation sites excluding steroid dienone is 1. The fraction of sp³-hybridized carbons (Fsp3) is 0.409. The molecule has 0 aliphatic heterocycles. The molecule has 0 saturated heterocycles. The van der Waals surface area contributed by atoms with Gasteiger partial charge in [-0.1, -0.05) is 29.8 Å². The van der Waals surface area contributed by atoms with Crippen molar-refractivity contribution in [2.75, 3.05) is 23.3 Å². The Morgan fingerprint density at radius 1 is 1.19 bits per heavy atom. The highest BCUT2D eigenvalue weighted by molar-refractivity contribution is 6.05. The van der Waals surface area contributed by atoms with Crippen LogP contribution in [-0.4, -0.2) is 29.0 Å². The lowest BCUT2D eigenvalue weighted by atomic mass is 9.97. The third kappa shape index (κ3) is 5.16. The minimum atomic E-state index is -0.104. The van der Waals surface area contributed by atoms with Crippen LogP contribution in [0.15, 0.2) is 48.0 Å². The molecule has 0 fully saturated rings. The lowest BCUT2D eigenvalue weighted by Gasteiger charge is -2.21. The first-order chi connectivity index (χ1) is 13.2. The van der Waals surface area contributed by atoms with Gasteiger partial charge < -0.3 is 10.2 Å². The molecule has 0 saturated carbocycles. The Morgan fingerprint density at radius 3 is 2.70 bits per heavy atom. The van der Waals surface area contributed by atoms with Crippen LogP contribution in [0, 0.1) is 6.92 Å². The molecule has 1 aromatic heterocycles. The van der Waals surface area contributed by atoms with E-state index in [4.69, 9.17) is 0 Å². The number of benzene rings is 1. The van der Waals surface area contributed by atoms with E-state index < -0.39 is 0 Å². The maximum Gasteiger partial charge on any atom is 0.277 e. The summed E-state index contributed by atoms with van der Waals surface area (Å²) in [6, 6.07) is 11.4. The highest BCUT2D eigenvalue weighted by Gasteiger charge is 2.18. The monoisotopic (exact) mass is 364 g/mol. The fourth-order valence-corrected chi connectivity index (χ4v) is 3.44. The van der Waals surface area contributed by atoms with Gasteiger partial charge in [0.05, 0.1) is 0 Å². The first-order valence-corrected chi connectivity index (χ1v) is 9.81. The molecule has 1 aliphatic carbocycles. The second-order valence-corrected chi connectivity index (χ2v) is 6.86. The molecule has 1 N–H and O–H groups in total. The van der Waals surface area contributed by atoms with Crippen molar-refractivity contribution in [3.8, 4) is 0 Å². The number of hydrogen-bond acceptors (Lipinski definition) is 4. The van der Waals surface area contributed by atoms with E-state index in [1.807, 2.05) is 44.2 Å². The summed E-state index contributed by atoms with van der Waals surface area (Å²) in [5.74, 6) is 1.21. The molecule has 0 unspecified atom stereocenters. The Bertz CT molecular complexity index is 801. The molecule has 5 heteroatoms. The summed E-state index contributed by atoms with van der Waals surface area (Å²) in [5.41, 5.74) is 2.82. The van der Waals surface area contributed by atoms with Crippen LogP contribution >= 0.6 is 0 Å². The van der Waals surface area contributed by atoms with Crippen molar-refractivity contribution < 1.29 is 4.79 Å². The van der Waals surface area contributed by atoms with E-state index in [0.717, 1.165) is 18.7 Å². The zero-order valence-electron chi connectivity index (χ0n) is 16.2. The number of anilines is 2. The molecular formula is C22H28N4O. The van der Waals surface area contributed by atoms with Crippen LogP contribution < -0.4 is 10.2 Å². The van der Waals surface area contributed by atoms with Crippen LogP contribution in [0.2, 0.25) is 0 Å². The summed E-state index contributed by atoms with van der Waals surface area (Å²) in [4.78, 5) is 23.6. The van der Waals surface area contributed by atoms with E-state index in [1.54, 1.807) is 11.0 Å². The number of amides is 1. The number of aromatic nitrogens is 2. The maximum absolute atomic E-state index is 13.0. The number of carbonyl (C=O) groups is 1. The minimum Gasteiger partial charge on any atom is -0.370 e. The lowest BCUT2D eigenvalue weighted by molar-refractivity contribution is 0.0983. The van der Waals surface area contributed by atoms with Gasteiger partial charge >= 0.3 is 0 Å². The Kier molecular flexibility index (Phi) is 6.58. The van der Waals surface area contributed by atoms with Crippen molar-refractivity contribution >= 4 is 17.4 Å².